The number of carbonyl (C=O) groups excluding carboxylic acids is 2. The van der Waals surface area contributed by atoms with Crippen LogP contribution in [0.4, 0.5) is 14.5 Å². The summed E-state index contributed by atoms with van der Waals surface area (Å²) < 4.78 is 27.0. The van der Waals surface area contributed by atoms with Gasteiger partial charge in [0.15, 0.2) is 0 Å². The third-order valence-corrected chi connectivity index (χ3v) is 2.76. The molecule has 7 heteroatoms. The first-order valence-electron chi connectivity index (χ1n) is 6.71. The van der Waals surface area contributed by atoms with Crippen LogP contribution >= 0.6 is 0 Å². The maximum Gasteiger partial charge on any atom is 0.251 e. The standard InChI is InChI=1S/C14H19F2N3O2/c1-3-5-18-12(20)4-6-19-14(21)9-7-10(15)13(17-2)11(16)8-9/h7-8,17H,3-6H2,1-2H3,(H,18,20)(H,19,21). The third kappa shape index (κ3) is 5.02. The average molecular weight is 299 g/mol. The van der Waals surface area contributed by atoms with Gasteiger partial charge in [0.1, 0.15) is 17.3 Å². The molecule has 0 bridgehead atoms. The Morgan fingerprint density at radius 3 is 2.24 bits per heavy atom. The van der Waals surface area contributed by atoms with Crippen LogP contribution in [0.15, 0.2) is 12.1 Å². The van der Waals surface area contributed by atoms with Crippen molar-refractivity contribution in [3.05, 3.63) is 29.3 Å². The Balaban J connectivity index is 2.55. The van der Waals surface area contributed by atoms with Crippen LogP contribution < -0.4 is 16.0 Å². The Labute approximate surface area is 122 Å². The molecule has 0 spiro atoms. The molecule has 1 aromatic carbocycles. The van der Waals surface area contributed by atoms with Gasteiger partial charge >= 0.3 is 0 Å². The molecule has 3 N–H and O–H groups in total. The lowest BCUT2D eigenvalue weighted by Gasteiger charge is -2.08. The van der Waals surface area contributed by atoms with Crippen molar-refractivity contribution in [2.45, 2.75) is 19.8 Å². The molecule has 1 aromatic rings. The highest BCUT2D eigenvalue weighted by atomic mass is 19.1. The summed E-state index contributed by atoms with van der Waals surface area (Å²) >= 11 is 0. The second-order valence-electron chi connectivity index (χ2n) is 4.42. The van der Waals surface area contributed by atoms with E-state index in [4.69, 9.17) is 0 Å². The first-order chi connectivity index (χ1) is 9.99. The minimum Gasteiger partial charge on any atom is -0.383 e. The average Bonchev–Trinajstić information content (AvgIpc) is 2.44. The smallest absolute Gasteiger partial charge is 0.251 e. The monoisotopic (exact) mass is 299 g/mol. The highest BCUT2D eigenvalue weighted by molar-refractivity contribution is 5.94. The fraction of sp³-hybridized carbons (Fsp3) is 0.429. The maximum absolute atomic E-state index is 13.5. The van der Waals surface area contributed by atoms with Crippen LogP contribution in [0.3, 0.4) is 0 Å². The first-order valence-corrected chi connectivity index (χ1v) is 6.71. The second kappa shape index (κ2) is 8.18. The molecule has 0 heterocycles. The molecule has 0 saturated heterocycles. The number of amides is 2. The summed E-state index contributed by atoms with van der Waals surface area (Å²) in [7, 11) is 1.39. The van der Waals surface area contributed by atoms with Gasteiger partial charge in [-0.3, -0.25) is 9.59 Å². The SMILES string of the molecule is CCCNC(=O)CCNC(=O)c1cc(F)c(NC)c(F)c1. The van der Waals surface area contributed by atoms with Crippen molar-refractivity contribution in [2.24, 2.45) is 0 Å². The number of hydrogen-bond acceptors (Lipinski definition) is 3. The summed E-state index contributed by atoms with van der Waals surface area (Å²) in [4.78, 5) is 23.1. The number of hydrogen-bond donors (Lipinski definition) is 3. The van der Waals surface area contributed by atoms with Gasteiger partial charge in [-0.1, -0.05) is 6.92 Å². The number of nitrogens with one attached hydrogen (secondary N) is 3. The highest BCUT2D eigenvalue weighted by Crippen LogP contribution is 2.20. The van der Waals surface area contributed by atoms with Crippen LogP contribution in [0.25, 0.3) is 0 Å². The van der Waals surface area contributed by atoms with E-state index in [9.17, 15) is 18.4 Å². The molecule has 0 aliphatic heterocycles. The van der Waals surface area contributed by atoms with Crippen molar-refractivity contribution in [2.75, 3.05) is 25.5 Å². The maximum atomic E-state index is 13.5. The molecule has 0 fully saturated rings. The molecular weight excluding hydrogens is 280 g/mol. The number of carbonyl (C=O) groups is 2. The zero-order valence-corrected chi connectivity index (χ0v) is 12.1. The molecule has 0 unspecified atom stereocenters. The van der Waals surface area contributed by atoms with E-state index in [-0.39, 0.29) is 30.1 Å². The largest absolute Gasteiger partial charge is 0.383 e. The zero-order chi connectivity index (χ0) is 15.8. The second-order valence-corrected chi connectivity index (χ2v) is 4.42. The third-order valence-electron chi connectivity index (χ3n) is 2.76. The Hall–Kier alpha value is -2.18. The summed E-state index contributed by atoms with van der Waals surface area (Å²) in [6.45, 7) is 2.61. The summed E-state index contributed by atoms with van der Waals surface area (Å²) in [6, 6.07) is 1.89. The molecule has 0 saturated carbocycles. The normalized spacial score (nSPS) is 10.1. The minimum atomic E-state index is -0.844. The lowest BCUT2D eigenvalue weighted by molar-refractivity contribution is -0.120. The van der Waals surface area contributed by atoms with Crippen LogP contribution in [0.1, 0.15) is 30.1 Å². The number of benzene rings is 1. The molecule has 0 radical (unpaired) electrons. The topological polar surface area (TPSA) is 70.2 Å². The van der Waals surface area contributed by atoms with Gasteiger partial charge in [-0.15, -0.1) is 0 Å². The lowest BCUT2D eigenvalue weighted by Crippen LogP contribution is -2.31. The molecular formula is C14H19F2N3O2. The Kier molecular flexibility index (Phi) is 6.58. The fourth-order valence-corrected chi connectivity index (χ4v) is 1.69. The van der Waals surface area contributed by atoms with Gasteiger partial charge in [0.05, 0.1) is 0 Å². The van der Waals surface area contributed by atoms with Crippen LogP contribution in [0, 0.1) is 11.6 Å². The van der Waals surface area contributed by atoms with Gasteiger partial charge in [0, 0.05) is 32.1 Å². The lowest BCUT2D eigenvalue weighted by atomic mass is 10.1. The van der Waals surface area contributed by atoms with E-state index >= 15 is 0 Å². The van der Waals surface area contributed by atoms with E-state index in [2.05, 4.69) is 16.0 Å². The molecule has 2 amide bonds. The Morgan fingerprint density at radius 2 is 1.71 bits per heavy atom. The first kappa shape index (κ1) is 16.9. The van der Waals surface area contributed by atoms with Gasteiger partial charge in [0.2, 0.25) is 5.91 Å². The summed E-state index contributed by atoms with van der Waals surface area (Å²) in [5.74, 6) is -2.49. The van der Waals surface area contributed by atoms with E-state index in [1.54, 1.807) is 0 Å². The number of anilines is 1. The van der Waals surface area contributed by atoms with Gasteiger partial charge < -0.3 is 16.0 Å². The van der Waals surface area contributed by atoms with Gasteiger partial charge in [0.25, 0.3) is 5.91 Å². The minimum absolute atomic E-state index is 0.103. The van der Waals surface area contributed by atoms with Crippen molar-refractivity contribution < 1.29 is 18.4 Å². The van der Waals surface area contributed by atoms with E-state index in [0.29, 0.717) is 6.54 Å². The van der Waals surface area contributed by atoms with Gasteiger partial charge in [-0.25, -0.2) is 8.78 Å². The van der Waals surface area contributed by atoms with Crippen LogP contribution in [0.2, 0.25) is 0 Å². The quantitative estimate of drug-likeness (QED) is 0.717. The highest BCUT2D eigenvalue weighted by Gasteiger charge is 2.14. The summed E-state index contributed by atoms with van der Waals surface area (Å²) in [5, 5.41) is 7.48. The van der Waals surface area contributed by atoms with Crippen LogP contribution in [0.5, 0.6) is 0 Å². The van der Waals surface area contributed by atoms with Crippen molar-refractivity contribution >= 4 is 17.5 Å². The number of halogens is 2. The van der Waals surface area contributed by atoms with Gasteiger partial charge in [-0.2, -0.15) is 0 Å². The number of rotatable bonds is 7. The Bertz CT molecular complexity index is 498. The Morgan fingerprint density at radius 1 is 1.10 bits per heavy atom. The molecule has 0 aromatic heterocycles. The molecule has 1 rings (SSSR count). The summed E-state index contributed by atoms with van der Waals surface area (Å²) in [6.07, 6.45) is 0.944. The van der Waals surface area contributed by atoms with E-state index in [1.165, 1.54) is 7.05 Å². The van der Waals surface area contributed by atoms with E-state index < -0.39 is 17.5 Å². The van der Waals surface area contributed by atoms with Crippen molar-refractivity contribution in [1.82, 2.24) is 10.6 Å². The molecule has 5 nitrogen and oxygen atoms in total. The summed E-state index contributed by atoms with van der Waals surface area (Å²) in [5.41, 5.74) is -0.413. The van der Waals surface area contributed by atoms with Crippen molar-refractivity contribution in [1.29, 1.82) is 0 Å². The zero-order valence-electron chi connectivity index (χ0n) is 12.1. The fourth-order valence-electron chi connectivity index (χ4n) is 1.69. The van der Waals surface area contributed by atoms with E-state index in [0.717, 1.165) is 18.6 Å². The van der Waals surface area contributed by atoms with Crippen LogP contribution in [-0.4, -0.2) is 32.0 Å². The van der Waals surface area contributed by atoms with Gasteiger partial charge in [-0.05, 0) is 18.6 Å². The molecule has 21 heavy (non-hydrogen) atoms. The van der Waals surface area contributed by atoms with Crippen LogP contribution in [-0.2, 0) is 4.79 Å². The predicted octanol–water partition coefficient (Wildman–Crippen LogP) is 1.65. The van der Waals surface area contributed by atoms with Crippen molar-refractivity contribution in [3.8, 4) is 0 Å². The van der Waals surface area contributed by atoms with Crippen molar-refractivity contribution in [3.63, 3.8) is 0 Å². The molecule has 0 aliphatic rings. The molecule has 0 atom stereocenters. The van der Waals surface area contributed by atoms with E-state index in [1.807, 2.05) is 6.92 Å². The molecule has 0 aliphatic carbocycles. The molecule has 116 valence electrons. The predicted molar refractivity (Wildman–Crippen MR) is 76.2 cm³/mol.